The van der Waals surface area contributed by atoms with E-state index in [0.717, 1.165) is 11.1 Å². The Morgan fingerprint density at radius 1 is 1.04 bits per heavy atom. The molecule has 4 N–H and O–H groups in total. The normalized spacial score (nSPS) is 12.0. The van der Waals surface area contributed by atoms with Crippen molar-refractivity contribution in [3.63, 3.8) is 0 Å². The van der Waals surface area contributed by atoms with E-state index in [1.54, 1.807) is 42.5 Å². The van der Waals surface area contributed by atoms with Crippen molar-refractivity contribution in [2.24, 2.45) is 0 Å². The van der Waals surface area contributed by atoms with Gasteiger partial charge in [0.1, 0.15) is 6.04 Å². The summed E-state index contributed by atoms with van der Waals surface area (Å²) in [4.78, 5) is 22.3. The van der Waals surface area contributed by atoms with E-state index in [2.05, 4.69) is 5.32 Å². The number of carboxylic acids is 1. The molecule has 24 heavy (non-hydrogen) atoms. The molecule has 0 bridgehead atoms. The van der Waals surface area contributed by atoms with E-state index in [9.17, 15) is 14.7 Å². The van der Waals surface area contributed by atoms with Crippen LogP contribution < -0.4 is 10.8 Å². The van der Waals surface area contributed by atoms with Gasteiger partial charge in [0.05, 0.1) is 0 Å². The van der Waals surface area contributed by atoms with Crippen LogP contribution in [0.2, 0.25) is 0 Å². The van der Waals surface area contributed by atoms with E-state index in [0.29, 0.717) is 12.1 Å². The Kier molecular flexibility index (Phi) is 6.24. The van der Waals surface area contributed by atoms with Gasteiger partial charge in [-0.25, -0.2) is 5.48 Å². The highest BCUT2D eigenvalue weighted by molar-refractivity contribution is 5.90. The zero-order chi connectivity index (χ0) is 17.4. The third-order valence-electron chi connectivity index (χ3n) is 3.41. The molecule has 6 heteroatoms. The van der Waals surface area contributed by atoms with Crippen molar-refractivity contribution in [1.82, 2.24) is 10.8 Å². The van der Waals surface area contributed by atoms with E-state index >= 15 is 0 Å². The van der Waals surface area contributed by atoms with Crippen molar-refractivity contribution in [2.45, 2.75) is 12.6 Å². The number of nitrogens with one attached hydrogen (secondary N) is 2. The molecule has 1 amide bonds. The van der Waals surface area contributed by atoms with E-state index in [4.69, 9.17) is 5.21 Å². The minimum absolute atomic E-state index is 0.396. The first-order chi connectivity index (χ1) is 11.6. The Hall–Kier alpha value is -2.96. The van der Waals surface area contributed by atoms with Gasteiger partial charge in [-0.05, 0) is 22.8 Å². The first kappa shape index (κ1) is 17.4. The van der Waals surface area contributed by atoms with Crippen LogP contribution in [0.4, 0.5) is 0 Å². The van der Waals surface area contributed by atoms with E-state index < -0.39 is 17.9 Å². The Bertz CT molecular complexity index is 712. The molecular weight excluding hydrogens is 308 g/mol. The molecule has 0 aliphatic heterocycles. The first-order valence-electron chi connectivity index (χ1n) is 7.32. The van der Waals surface area contributed by atoms with Crippen LogP contribution in [0.5, 0.6) is 0 Å². The molecule has 2 rings (SSSR count). The van der Waals surface area contributed by atoms with Crippen molar-refractivity contribution in [3.8, 4) is 0 Å². The highest BCUT2D eigenvalue weighted by Crippen LogP contribution is 2.14. The third-order valence-corrected chi connectivity index (χ3v) is 3.41. The smallest absolute Gasteiger partial charge is 0.325 e. The molecule has 0 saturated carbocycles. The molecule has 6 nitrogen and oxygen atoms in total. The number of carboxylic acid groups (broad SMARTS) is 1. The van der Waals surface area contributed by atoms with Crippen molar-refractivity contribution in [1.29, 1.82) is 0 Å². The number of hydrogen-bond acceptors (Lipinski definition) is 4. The van der Waals surface area contributed by atoms with E-state index in [1.165, 1.54) is 11.6 Å². The Morgan fingerprint density at radius 2 is 1.71 bits per heavy atom. The van der Waals surface area contributed by atoms with Crippen molar-refractivity contribution in [3.05, 3.63) is 77.4 Å². The number of amides is 1. The lowest BCUT2D eigenvalue weighted by Gasteiger charge is -2.15. The van der Waals surface area contributed by atoms with Crippen LogP contribution in [-0.2, 0) is 16.1 Å². The SMILES string of the molecule is O=C(/C=C/c1ccc(CNC(C(=O)O)c2ccccc2)cc1)NO. The van der Waals surface area contributed by atoms with Gasteiger partial charge in [-0.2, -0.15) is 0 Å². The molecule has 2 aromatic carbocycles. The Balaban J connectivity index is 1.99. The lowest BCUT2D eigenvalue weighted by Crippen LogP contribution is -2.28. The maximum Gasteiger partial charge on any atom is 0.325 e. The monoisotopic (exact) mass is 326 g/mol. The summed E-state index contributed by atoms with van der Waals surface area (Å²) in [7, 11) is 0. The summed E-state index contributed by atoms with van der Waals surface area (Å²) in [5.41, 5.74) is 3.92. The zero-order valence-corrected chi connectivity index (χ0v) is 12.8. The Labute approximate surface area is 139 Å². The molecule has 0 radical (unpaired) electrons. The van der Waals surface area contributed by atoms with Crippen molar-refractivity contribution < 1.29 is 19.9 Å². The molecule has 0 aromatic heterocycles. The summed E-state index contributed by atoms with van der Waals surface area (Å²) in [5.74, 6) is -1.54. The standard InChI is InChI=1S/C18H18N2O4/c21-16(20-24)11-10-13-6-8-14(9-7-13)12-19-17(18(22)23)15-4-2-1-3-5-15/h1-11,17,19,24H,12H2,(H,20,21)(H,22,23)/b11-10+. The minimum atomic E-state index is -0.934. The van der Waals surface area contributed by atoms with Crippen LogP contribution in [-0.4, -0.2) is 22.2 Å². The maximum absolute atomic E-state index is 11.4. The first-order valence-corrected chi connectivity index (χ1v) is 7.32. The van der Waals surface area contributed by atoms with Gasteiger partial charge in [-0.15, -0.1) is 0 Å². The van der Waals surface area contributed by atoms with Gasteiger partial charge in [0.25, 0.3) is 5.91 Å². The van der Waals surface area contributed by atoms with Crippen molar-refractivity contribution >= 4 is 18.0 Å². The number of hydroxylamine groups is 1. The van der Waals surface area contributed by atoms with Crippen LogP contribution in [0.25, 0.3) is 6.08 Å². The summed E-state index contributed by atoms with van der Waals surface area (Å²) < 4.78 is 0. The van der Waals surface area contributed by atoms with Gasteiger partial charge in [0.15, 0.2) is 0 Å². The van der Waals surface area contributed by atoms with Crippen LogP contribution in [0.15, 0.2) is 60.7 Å². The summed E-state index contributed by atoms with van der Waals surface area (Å²) in [6.45, 7) is 0.396. The van der Waals surface area contributed by atoms with E-state index in [1.807, 2.05) is 18.2 Å². The molecule has 2 aromatic rings. The van der Waals surface area contributed by atoms with Crippen LogP contribution >= 0.6 is 0 Å². The molecule has 124 valence electrons. The number of rotatable bonds is 7. The second-order valence-electron chi connectivity index (χ2n) is 5.11. The molecule has 1 atom stereocenters. The summed E-state index contributed by atoms with van der Waals surface area (Å²) >= 11 is 0. The quantitative estimate of drug-likeness (QED) is 0.355. The number of hydrogen-bond donors (Lipinski definition) is 4. The summed E-state index contributed by atoms with van der Waals surface area (Å²) in [6, 6.07) is 15.5. The lowest BCUT2D eigenvalue weighted by molar-refractivity contribution is -0.139. The van der Waals surface area contributed by atoms with Gasteiger partial charge in [0.2, 0.25) is 0 Å². The van der Waals surface area contributed by atoms with Crippen LogP contribution in [0.3, 0.4) is 0 Å². The number of carbonyl (C=O) groups is 2. The van der Waals surface area contributed by atoms with Gasteiger partial charge in [-0.3, -0.25) is 20.1 Å². The number of aliphatic carboxylic acids is 1. The maximum atomic E-state index is 11.4. The van der Waals surface area contributed by atoms with E-state index in [-0.39, 0.29) is 0 Å². The molecular formula is C18H18N2O4. The third kappa shape index (κ3) is 5.05. The van der Waals surface area contributed by atoms with Gasteiger partial charge >= 0.3 is 5.97 Å². The zero-order valence-electron chi connectivity index (χ0n) is 12.8. The predicted octanol–water partition coefficient (Wildman–Crippen LogP) is 2.12. The fourth-order valence-corrected chi connectivity index (χ4v) is 2.17. The average molecular weight is 326 g/mol. The number of carbonyl (C=O) groups excluding carboxylic acids is 1. The second-order valence-corrected chi connectivity index (χ2v) is 5.11. The van der Waals surface area contributed by atoms with Crippen LogP contribution in [0, 0.1) is 0 Å². The molecule has 1 unspecified atom stereocenters. The highest BCUT2D eigenvalue weighted by atomic mass is 16.5. The predicted molar refractivity (Wildman–Crippen MR) is 89.1 cm³/mol. The van der Waals surface area contributed by atoms with Gasteiger partial charge in [-0.1, -0.05) is 54.6 Å². The largest absolute Gasteiger partial charge is 0.480 e. The molecule has 0 heterocycles. The molecule has 0 aliphatic carbocycles. The summed E-state index contributed by atoms with van der Waals surface area (Å²) in [5, 5.41) is 20.8. The lowest BCUT2D eigenvalue weighted by atomic mass is 10.1. The average Bonchev–Trinajstić information content (AvgIpc) is 2.61. The molecule has 0 saturated heterocycles. The minimum Gasteiger partial charge on any atom is -0.480 e. The fraction of sp³-hybridized carbons (Fsp3) is 0.111. The molecule has 0 spiro atoms. The molecule has 0 fully saturated rings. The number of benzene rings is 2. The highest BCUT2D eigenvalue weighted by Gasteiger charge is 2.18. The van der Waals surface area contributed by atoms with Gasteiger partial charge in [0, 0.05) is 12.6 Å². The van der Waals surface area contributed by atoms with Gasteiger partial charge < -0.3 is 5.11 Å². The fourth-order valence-electron chi connectivity index (χ4n) is 2.17. The topological polar surface area (TPSA) is 98.7 Å². The second kappa shape index (κ2) is 8.61. The van der Waals surface area contributed by atoms with Crippen LogP contribution in [0.1, 0.15) is 22.7 Å². The molecule has 0 aliphatic rings. The summed E-state index contributed by atoms with van der Waals surface area (Å²) in [6.07, 6.45) is 2.77. The Morgan fingerprint density at radius 3 is 2.29 bits per heavy atom. The van der Waals surface area contributed by atoms with Crippen molar-refractivity contribution in [2.75, 3.05) is 0 Å².